The largest absolute Gasteiger partial charge is 0.438 e. The Kier molecular flexibility index (Phi) is 7.66. The highest BCUT2D eigenvalue weighted by atomic mass is 32.2. The van der Waals surface area contributed by atoms with Gasteiger partial charge in [-0.25, -0.2) is 13.1 Å². The molecular formula is C20H27N5O7S. The summed E-state index contributed by atoms with van der Waals surface area (Å²) in [5.41, 5.74) is 0.183. The Morgan fingerprint density at radius 3 is 2.61 bits per heavy atom. The summed E-state index contributed by atoms with van der Waals surface area (Å²) >= 11 is 0. The average molecular weight is 482 g/mol. The first kappa shape index (κ1) is 24.6. The highest BCUT2D eigenvalue weighted by molar-refractivity contribution is 7.89. The molecular weight excluding hydrogens is 454 g/mol. The Labute approximate surface area is 191 Å². The topological polar surface area (TPSA) is 146 Å². The van der Waals surface area contributed by atoms with Crippen LogP contribution in [0.3, 0.4) is 0 Å². The van der Waals surface area contributed by atoms with E-state index in [2.05, 4.69) is 10.4 Å². The number of sulfonamides is 1. The zero-order chi connectivity index (χ0) is 24.2. The second kappa shape index (κ2) is 10.3. The molecule has 2 aromatic rings. The molecule has 1 aliphatic heterocycles. The zero-order valence-electron chi connectivity index (χ0n) is 18.7. The number of rotatable bonds is 10. The standard InChI is InChI=1S/C20H27N5O7S/c1-4-24-20(14(2)18(22-24)19(26)21-9-12-31-3)32-16-8-7-15(25(27)28)13-17(16)33(29,30)23-10-5-6-11-23/h7-8,13H,4-6,9-12H2,1-3H3,(H,21,26). The van der Waals surface area contributed by atoms with Gasteiger partial charge in [-0.15, -0.1) is 0 Å². The van der Waals surface area contributed by atoms with Gasteiger partial charge in [0.2, 0.25) is 15.9 Å². The summed E-state index contributed by atoms with van der Waals surface area (Å²) in [7, 11) is -2.50. The van der Waals surface area contributed by atoms with Gasteiger partial charge in [0.15, 0.2) is 5.69 Å². The molecule has 3 rings (SSSR count). The molecule has 180 valence electrons. The lowest BCUT2D eigenvalue weighted by molar-refractivity contribution is -0.385. The third kappa shape index (κ3) is 5.15. The molecule has 1 aromatic carbocycles. The number of hydrogen-bond acceptors (Lipinski definition) is 8. The predicted octanol–water partition coefficient (Wildman–Crippen LogP) is 2.07. The quantitative estimate of drug-likeness (QED) is 0.308. The molecule has 1 saturated heterocycles. The minimum absolute atomic E-state index is 0.0726. The molecule has 1 N–H and O–H groups in total. The van der Waals surface area contributed by atoms with E-state index in [0.29, 0.717) is 51.2 Å². The minimum atomic E-state index is -4.02. The Balaban J connectivity index is 2.02. The first-order valence-electron chi connectivity index (χ1n) is 10.5. The van der Waals surface area contributed by atoms with Crippen molar-refractivity contribution in [2.75, 3.05) is 33.4 Å². The van der Waals surface area contributed by atoms with Crippen molar-refractivity contribution in [3.8, 4) is 11.6 Å². The summed E-state index contributed by atoms with van der Waals surface area (Å²) in [4.78, 5) is 22.9. The van der Waals surface area contributed by atoms with E-state index in [-0.39, 0.29) is 27.9 Å². The summed E-state index contributed by atoms with van der Waals surface area (Å²) < 4.78 is 40.1. The molecule has 13 heteroatoms. The van der Waals surface area contributed by atoms with E-state index in [0.717, 1.165) is 6.07 Å². The summed E-state index contributed by atoms with van der Waals surface area (Å²) in [6, 6.07) is 3.44. The molecule has 1 aromatic heterocycles. The number of nitrogens with zero attached hydrogens (tertiary/aromatic N) is 4. The molecule has 1 fully saturated rings. The fourth-order valence-corrected chi connectivity index (χ4v) is 5.16. The van der Waals surface area contributed by atoms with E-state index in [4.69, 9.17) is 9.47 Å². The molecule has 2 heterocycles. The maximum absolute atomic E-state index is 13.2. The van der Waals surface area contributed by atoms with Gasteiger partial charge in [0.25, 0.3) is 11.6 Å². The number of ether oxygens (including phenoxy) is 2. The number of aryl methyl sites for hydroxylation is 1. The molecule has 0 unspecified atom stereocenters. The van der Waals surface area contributed by atoms with Gasteiger partial charge in [-0.1, -0.05) is 0 Å². The van der Waals surface area contributed by atoms with Crippen LogP contribution in [0.1, 0.15) is 35.8 Å². The van der Waals surface area contributed by atoms with E-state index in [1.54, 1.807) is 13.8 Å². The van der Waals surface area contributed by atoms with Crippen LogP contribution in [0.4, 0.5) is 5.69 Å². The number of nitrogens with one attached hydrogen (secondary N) is 1. The Bertz CT molecular complexity index is 1140. The van der Waals surface area contributed by atoms with Crippen molar-refractivity contribution in [2.45, 2.75) is 38.1 Å². The van der Waals surface area contributed by atoms with E-state index >= 15 is 0 Å². The van der Waals surface area contributed by atoms with Crippen molar-refractivity contribution in [1.82, 2.24) is 19.4 Å². The molecule has 33 heavy (non-hydrogen) atoms. The fraction of sp³-hybridized carbons (Fsp3) is 0.500. The van der Waals surface area contributed by atoms with Crippen LogP contribution in [0, 0.1) is 17.0 Å². The molecule has 0 aliphatic carbocycles. The van der Waals surface area contributed by atoms with Crippen molar-refractivity contribution in [3.05, 3.63) is 39.6 Å². The number of carbonyl (C=O) groups is 1. The second-order valence-corrected chi connectivity index (χ2v) is 9.35. The molecule has 1 aliphatic rings. The van der Waals surface area contributed by atoms with Crippen molar-refractivity contribution >= 4 is 21.6 Å². The number of methoxy groups -OCH3 is 1. The predicted molar refractivity (Wildman–Crippen MR) is 118 cm³/mol. The van der Waals surface area contributed by atoms with Crippen LogP contribution < -0.4 is 10.1 Å². The van der Waals surface area contributed by atoms with E-state index in [1.807, 2.05) is 0 Å². The van der Waals surface area contributed by atoms with E-state index in [1.165, 1.54) is 28.2 Å². The minimum Gasteiger partial charge on any atom is -0.438 e. The molecule has 1 amide bonds. The maximum atomic E-state index is 13.2. The second-order valence-electron chi connectivity index (χ2n) is 7.44. The fourth-order valence-electron chi connectivity index (χ4n) is 3.51. The molecule has 0 atom stereocenters. The first-order chi connectivity index (χ1) is 15.7. The number of hydrogen-bond donors (Lipinski definition) is 1. The van der Waals surface area contributed by atoms with Crippen molar-refractivity contribution < 1.29 is 27.6 Å². The smallest absolute Gasteiger partial charge is 0.272 e. The summed E-state index contributed by atoms with van der Waals surface area (Å²) in [6.07, 6.45) is 1.43. The Morgan fingerprint density at radius 1 is 1.30 bits per heavy atom. The number of nitro groups is 1. The summed E-state index contributed by atoms with van der Waals surface area (Å²) in [5, 5.41) is 18.3. The lowest BCUT2D eigenvalue weighted by Crippen LogP contribution is -2.28. The van der Waals surface area contributed by atoms with E-state index in [9.17, 15) is 23.3 Å². The van der Waals surface area contributed by atoms with Crippen LogP contribution in [-0.2, 0) is 21.3 Å². The third-order valence-corrected chi connectivity index (χ3v) is 7.18. The number of non-ortho nitro benzene ring substituents is 1. The normalized spacial score (nSPS) is 14.4. The van der Waals surface area contributed by atoms with Gasteiger partial charge in [-0.3, -0.25) is 14.9 Å². The lowest BCUT2D eigenvalue weighted by Gasteiger charge is -2.18. The van der Waals surface area contributed by atoms with Crippen molar-refractivity contribution in [2.24, 2.45) is 0 Å². The first-order valence-corrected chi connectivity index (χ1v) is 12.0. The van der Waals surface area contributed by atoms with E-state index < -0.39 is 20.9 Å². The molecule has 12 nitrogen and oxygen atoms in total. The highest BCUT2D eigenvalue weighted by Crippen LogP contribution is 2.36. The number of carbonyl (C=O) groups excluding carboxylic acids is 1. The highest BCUT2D eigenvalue weighted by Gasteiger charge is 2.33. The van der Waals surface area contributed by atoms with Gasteiger partial charge >= 0.3 is 0 Å². The van der Waals surface area contributed by atoms with Crippen LogP contribution in [0.15, 0.2) is 23.1 Å². The van der Waals surface area contributed by atoms with Crippen LogP contribution in [0.5, 0.6) is 11.6 Å². The van der Waals surface area contributed by atoms with Gasteiger partial charge in [-0.05, 0) is 32.8 Å². The number of aromatic nitrogens is 2. The molecule has 0 bridgehead atoms. The monoisotopic (exact) mass is 481 g/mol. The van der Waals surface area contributed by atoms with Crippen molar-refractivity contribution in [3.63, 3.8) is 0 Å². The number of amides is 1. The van der Waals surface area contributed by atoms with Crippen LogP contribution >= 0.6 is 0 Å². The lowest BCUT2D eigenvalue weighted by atomic mass is 10.2. The van der Waals surface area contributed by atoms with Gasteiger partial charge in [0, 0.05) is 51.0 Å². The third-order valence-electron chi connectivity index (χ3n) is 5.27. The zero-order valence-corrected chi connectivity index (χ0v) is 19.6. The Hall–Kier alpha value is -3.03. The van der Waals surface area contributed by atoms with Crippen LogP contribution in [-0.4, -0.2) is 66.7 Å². The van der Waals surface area contributed by atoms with Gasteiger partial charge in [0.1, 0.15) is 10.6 Å². The SMILES string of the molecule is CCn1nc(C(=O)NCCOC)c(C)c1Oc1ccc([N+](=O)[O-])cc1S(=O)(=O)N1CCCC1. The van der Waals surface area contributed by atoms with Gasteiger partial charge < -0.3 is 14.8 Å². The van der Waals surface area contributed by atoms with Crippen LogP contribution in [0.2, 0.25) is 0 Å². The van der Waals surface area contributed by atoms with Gasteiger partial charge in [0.05, 0.1) is 11.5 Å². The molecule has 0 spiro atoms. The summed E-state index contributed by atoms with van der Waals surface area (Å²) in [6.45, 7) is 5.09. The maximum Gasteiger partial charge on any atom is 0.272 e. The summed E-state index contributed by atoms with van der Waals surface area (Å²) in [5.74, 6) is -0.312. The number of nitro benzene ring substituents is 1. The van der Waals surface area contributed by atoms with Crippen molar-refractivity contribution in [1.29, 1.82) is 0 Å². The van der Waals surface area contributed by atoms with Crippen LogP contribution in [0.25, 0.3) is 0 Å². The van der Waals surface area contributed by atoms with Gasteiger partial charge in [-0.2, -0.15) is 9.40 Å². The molecule has 0 saturated carbocycles. The Morgan fingerprint density at radius 2 is 2.00 bits per heavy atom. The number of benzene rings is 1. The average Bonchev–Trinajstić information content (AvgIpc) is 3.43. The molecule has 0 radical (unpaired) electrons.